The molecule has 0 aromatic heterocycles. The molecule has 1 amide bonds. The first-order valence-corrected chi connectivity index (χ1v) is 10.6. The number of nitrogens with one attached hydrogen (secondary N) is 1. The summed E-state index contributed by atoms with van der Waals surface area (Å²) in [4.78, 5) is 15.7. The van der Waals surface area contributed by atoms with Crippen LogP contribution >= 0.6 is 0 Å². The molecule has 4 rings (SSSR count). The summed E-state index contributed by atoms with van der Waals surface area (Å²) in [6.07, 6.45) is 5.17. The minimum Gasteiger partial charge on any atom is -0.372 e. The molecule has 3 aromatic carbocycles. The molecule has 0 saturated carbocycles. The topological polar surface area (TPSA) is 32.3 Å². The first-order chi connectivity index (χ1) is 14.3. The monoisotopic (exact) mass is 384 g/mol. The lowest BCUT2D eigenvalue weighted by Crippen LogP contribution is -2.24. The van der Waals surface area contributed by atoms with E-state index in [1.54, 1.807) is 0 Å². The Morgan fingerprint density at radius 3 is 1.72 bits per heavy atom. The van der Waals surface area contributed by atoms with Crippen LogP contribution in [0.15, 0.2) is 84.9 Å². The van der Waals surface area contributed by atoms with Gasteiger partial charge in [-0.1, -0.05) is 73.5 Å². The molecule has 1 aliphatic rings. The molecule has 3 nitrogen and oxygen atoms in total. The fraction of sp³-hybridized carbons (Fsp3) is 0.269. The average Bonchev–Trinajstić information content (AvgIpc) is 3.06. The van der Waals surface area contributed by atoms with E-state index in [0.717, 1.165) is 29.9 Å². The molecule has 1 heterocycles. The van der Waals surface area contributed by atoms with Crippen LogP contribution in [-0.2, 0) is 4.79 Å². The summed E-state index contributed by atoms with van der Waals surface area (Å²) in [5, 5.41) is 3.12. The van der Waals surface area contributed by atoms with Gasteiger partial charge in [0.05, 0.1) is 5.92 Å². The first-order valence-electron chi connectivity index (χ1n) is 10.6. The second-order valence-corrected chi connectivity index (χ2v) is 7.69. The first kappa shape index (κ1) is 19.3. The number of nitrogens with zero attached hydrogens (tertiary/aromatic N) is 1. The summed E-state index contributed by atoms with van der Waals surface area (Å²) in [5.74, 6) is -0.340. The van der Waals surface area contributed by atoms with E-state index < -0.39 is 0 Å². The Balaban J connectivity index is 1.52. The normalized spacial score (nSPS) is 14.4. The van der Waals surface area contributed by atoms with E-state index in [0.29, 0.717) is 0 Å². The van der Waals surface area contributed by atoms with E-state index >= 15 is 0 Å². The SMILES string of the molecule is O=C(Nc1ccc(N2CCCCCC2)cc1)C(c1ccccc1)c1ccccc1. The standard InChI is InChI=1S/C26H28N2O/c29-26(25(21-11-5-3-6-12-21)22-13-7-4-8-14-22)27-23-15-17-24(18-16-23)28-19-9-1-2-10-20-28/h3-8,11-18,25H,1-2,9-10,19-20H2,(H,27,29). The van der Waals surface area contributed by atoms with Gasteiger partial charge in [-0.3, -0.25) is 4.79 Å². The van der Waals surface area contributed by atoms with Crippen LogP contribution in [0.3, 0.4) is 0 Å². The van der Waals surface area contributed by atoms with Crippen molar-refractivity contribution in [2.45, 2.75) is 31.6 Å². The van der Waals surface area contributed by atoms with Gasteiger partial charge in [-0.15, -0.1) is 0 Å². The lowest BCUT2D eigenvalue weighted by atomic mass is 9.90. The lowest BCUT2D eigenvalue weighted by Gasteiger charge is -2.23. The van der Waals surface area contributed by atoms with Crippen LogP contribution < -0.4 is 10.2 Å². The van der Waals surface area contributed by atoms with Gasteiger partial charge in [-0.05, 0) is 48.2 Å². The van der Waals surface area contributed by atoms with E-state index in [2.05, 4.69) is 22.3 Å². The third kappa shape index (κ3) is 4.86. The molecule has 1 N–H and O–H groups in total. The van der Waals surface area contributed by atoms with Crippen molar-refractivity contribution < 1.29 is 4.79 Å². The highest BCUT2D eigenvalue weighted by atomic mass is 16.1. The molecule has 29 heavy (non-hydrogen) atoms. The van der Waals surface area contributed by atoms with Gasteiger partial charge < -0.3 is 10.2 Å². The Labute approximate surface area is 173 Å². The van der Waals surface area contributed by atoms with Crippen molar-refractivity contribution in [1.82, 2.24) is 0 Å². The van der Waals surface area contributed by atoms with Crippen molar-refractivity contribution in [1.29, 1.82) is 0 Å². The Morgan fingerprint density at radius 1 is 0.690 bits per heavy atom. The van der Waals surface area contributed by atoms with Crippen LogP contribution in [0.1, 0.15) is 42.7 Å². The van der Waals surface area contributed by atoms with Gasteiger partial charge in [0.1, 0.15) is 0 Å². The molecule has 0 bridgehead atoms. The van der Waals surface area contributed by atoms with Gasteiger partial charge in [0.15, 0.2) is 0 Å². The highest BCUT2D eigenvalue weighted by Crippen LogP contribution is 2.27. The number of carbonyl (C=O) groups excluding carboxylic acids is 1. The minimum absolute atomic E-state index is 0.00933. The molecule has 0 atom stereocenters. The Hall–Kier alpha value is -3.07. The molecule has 0 radical (unpaired) electrons. The quantitative estimate of drug-likeness (QED) is 0.599. The Bertz CT molecular complexity index is 859. The molecule has 1 fully saturated rings. The highest BCUT2D eigenvalue weighted by Gasteiger charge is 2.22. The number of benzene rings is 3. The summed E-state index contributed by atoms with van der Waals surface area (Å²) in [6, 6.07) is 28.2. The van der Waals surface area contributed by atoms with Gasteiger partial charge in [0, 0.05) is 24.5 Å². The van der Waals surface area contributed by atoms with Crippen molar-refractivity contribution in [3.8, 4) is 0 Å². The minimum atomic E-state index is -0.331. The zero-order valence-corrected chi connectivity index (χ0v) is 16.8. The number of carbonyl (C=O) groups is 1. The third-order valence-electron chi connectivity index (χ3n) is 5.63. The molecule has 0 aliphatic carbocycles. The molecule has 3 aromatic rings. The van der Waals surface area contributed by atoms with E-state index in [9.17, 15) is 4.79 Å². The molecule has 1 saturated heterocycles. The molecule has 0 unspecified atom stereocenters. The van der Waals surface area contributed by atoms with Crippen molar-refractivity contribution in [2.24, 2.45) is 0 Å². The average molecular weight is 385 g/mol. The fourth-order valence-electron chi connectivity index (χ4n) is 4.09. The van der Waals surface area contributed by atoms with Crippen LogP contribution in [0, 0.1) is 0 Å². The van der Waals surface area contributed by atoms with Crippen LogP contribution in [-0.4, -0.2) is 19.0 Å². The second kappa shape index (κ2) is 9.42. The Kier molecular flexibility index (Phi) is 6.25. The van der Waals surface area contributed by atoms with Crippen molar-refractivity contribution in [2.75, 3.05) is 23.3 Å². The summed E-state index contributed by atoms with van der Waals surface area (Å²) in [5.41, 5.74) is 4.08. The smallest absolute Gasteiger partial charge is 0.236 e. The summed E-state index contributed by atoms with van der Waals surface area (Å²) in [7, 11) is 0. The van der Waals surface area contributed by atoms with E-state index in [-0.39, 0.29) is 11.8 Å². The maximum absolute atomic E-state index is 13.2. The highest BCUT2D eigenvalue weighted by molar-refractivity contribution is 5.98. The van der Waals surface area contributed by atoms with Crippen LogP contribution in [0.4, 0.5) is 11.4 Å². The van der Waals surface area contributed by atoms with Gasteiger partial charge in [0.25, 0.3) is 0 Å². The Morgan fingerprint density at radius 2 is 1.21 bits per heavy atom. The zero-order valence-electron chi connectivity index (χ0n) is 16.8. The molecular weight excluding hydrogens is 356 g/mol. The van der Waals surface area contributed by atoms with Crippen molar-refractivity contribution in [3.05, 3.63) is 96.1 Å². The number of hydrogen-bond donors (Lipinski definition) is 1. The molecule has 148 valence electrons. The van der Waals surface area contributed by atoms with E-state index in [4.69, 9.17) is 0 Å². The van der Waals surface area contributed by atoms with Crippen LogP contribution in [0.25, 0.3) is 0 Å². The summed E-state index contributed by atoms with van der Waals surface area (Å²) >= 11 is 0. The second-order valence-electron chi connectivity index (χ2n) is 7.69. The van der Waals surface area contributed by atoms with Crippen molar-refractivity contribution in [3.63, 3.8) is 0 Å². The predicted molar refractivity (Wildman–Crippen MR) is 120 cm³/mol. The number of hydrogen-bond acceptors (Lipinski definition) is 2. The fourth-order valence-corrected chi connectivity index (χ4v) is 4.09. The van der Waals surface area contributed by atoms with Crippen LogP contribution in [0.2, 0.25) is 0 Å². The number of rotatable bonds is 5. The molecule has 3 heteroatoms. The van der Waals surface area contributed by atoms with Crippen molar-refractivity contribution >= 4 is 17.3 Å². The van der Waals surface area contributed by atoms with Gasteiger partial charge >= 0.3 is 0 Å². The maximum atomic E-state index is 13.2. The van der Waals surface area contributed by atoms with Gasteiger partial charge in [0.2, 0.25) is 5.91 Å². The van der Waals surface area contributed by atoms with Gasteiger partial charge in [-0.2, -0.15) is 0 Å². The zero-order chi connectivity index (χ0) is 19.9. The third-order valence-corrected chi connectivity index (χ3v) is 5.63. The van der Waals surface area contributed by atoms with E-state index in [1.165, 1.54) is 31.4 Å². The van der Waals surface area contributed by atoms with Gasteiger partial charge in [-0.25, -0.2) is 0 Å². The number of amides is 1. The maximum Gasteiger partial charge on any atom is 0.236 e. The molecular formula is C26H28N2O. The summed E-state index contributed by atoms with van der Waals surface area (Å²) in [6.45, 7) is 2.24. The largest absolute Gasteiger partial charge is 0.372 e. The molecule has 0 spiro atoms. The summed E-state index contributed by atoms with van der Waals surface area (Å²) < 4.78 is 0. The van der Waals surface area contributed by atoms with Crippen LogP contribution in [0.5, 0.6) is 0 Å². The number of anilines is 2. The lowest BCUT2D eigenvalue weighted by molar-refractivity contribution is -0.116. The predicted octanol–water partition coefficient (Wildman–Crippen LogP) is 5.84. The molecule has 1 aliphatic heterocycles. The van der Waals surface area contributed by atoms with E-state index in [1.807, 2.05) is 72.8 Å².